The van der Waals surface area contributed by atoms with E-state index < -0.39 is 10.0 Å². The van der Waals surface area contributed by atoms with Crippen molar-refractivity contribution in [3.63, 3.8) is 0 Å². The van der Waals surface area contributed by atoms with Crippen LogP contribution in [0.5, 0.6) is 0 Å². The number of fused-ring (bicyclic) bond motifs is 1. The fourth-order valence-corrected chi connectivity index (χ4v) is 3.21. The van der Waals surface area contributed by atoms with Crippen molar-refractivity contribution in [3.05, 3.63) is 42.5 Å². The molecule has 0 spiro atoms. The van der Waals surface area contributed by atoms with Gasteiger partial charge in [0.25, 0.3) is 0 Å². The molecule has 2 rings (SSSR count). The van der Waals surface area contributed by atoms with Crippen LogP contribution in [-0.2, 0) is 10.0 Å². The summed E-state index contributed by atoms with van der Waals surface area (Å²) in [6, 6.07) is 12.7. The number of thiol groups is 1. The molecule has 0 aliphatic rings. The Kier molecular flexibility index (Phi) is 3.71. The molecule has 0 aliphatic heterocycles. The first kappa shape index (κ1) is 12.4. The third-order valence-electron chi connectivity index (χ3n) is 2.44. The van der Waals surface area contributed by atoms with Gasteiger partial charge in [-0.3, -0.25) is 0 Å². The molecule has 2 aromatic carbocycles. The summed E-state index contributed by atoms with van der Waals surface area (Å²) in [6.45, 7) is 0.328. The molecule has 0 amide bonds. The number of sulfonamides is 1. The van der Waals surface area contributed by atoms with Crippen molar-refractivity contribution >= 4 is 33.4 Å². The molecule has 17 heavy (non-hydrogen) atoms. The predicted molar refractivity (Wildman–Crippen MR) is 73.0 cm³/mol. The predicted octanol–water partition coefficient (Wildman–Crippen LogP) is 2.05. The maximum atomic E-state index is 12.1. The molecule has 0 unspecified atom stereocenters. The maximum absolute atomic E-state index is 12.1. The van der Waals surface area contributed by atoms with E-state index in [9.17, 15) is 8.42 Å². The SMILES string of the molecule is O=S(=O)(NCCS)c1cccc2ccccc12. The van der Waals surface area contributed by atoms with Gasteiger partial charge in [0, 0.05) is 17.7 Å². The standard InChI is InChI=1S/C12H13NO2S2/c14-17(15,13-8-9-16)12-7-3-5-10-4-1-2-6-11(10)12/h1-7,13,16H,8-9H2. The molecule has 0 radical (unpaired) electrons. The normalized spacial score (nSPS) is 11.8. The Labute approximate surface area is 106 Å². The molecule has 0 saturated carbocycles. The van der Waals surface area contributed by atoms with Crippen molar-refractivity contribution in [2.24, 2.45) is 0 Å². The number of hydrogen-bond donors (Lipinski definition) is 2. The molecule has 5 heteroatoms. The average molecular weight is 267 g/mol. The summed E-state index contributed by atoms with van der Waals surface area (Å²) in [5.41, 5.74) is 0. The Morgan fingerprint density at radius 3 is 2.53 bits per heavy atom. The lowest BCUT2D eigenvalue weighted by Gasteiger charge is -2.08. The Morgan fingerprint density at radius 2 is 1.76 bits per heavy atom. The zero-order valence-electron chi connectivity index (χ0n) is 9.13. The van der Waals surface area contributed by atoms with Gasteiger partial charge in [-0.1, -0.05) is 36.4 Å². The number of rotatable bonds is 4. The molecular weight excluding hydrogens is 254 g/mol. The monoisotopic (exact) mass is 267 g/mol. The van der Waals surface area contributed by atoms with Crippen LogP contribution in [0.2, 0.25) is 0 Å². The Bertz CT molecular complexity index is 618. The van der Waals surface area contributed by atoms with Gasteiger partial charge in [-0.25, -0.2) is 13.1 Å². The molecular formula is C12H13NO2S2. The number of benzene rings is 2. The second-order valence-corrected chi connectivity index (χ2v) is 5.78. The first-order valence-electron chi connectivity index (χ1n) is 5.23. The molecule has 0 atom stereocenters. The highest BCUT2D eigenvalue weighted by Crippen LogP contribution is 2.22. The van der Waals surface area contributed by atoms with Crippen molar-refractivity contribution < 1.29 is 8.42 Å². The Hall–Kier alpha value is -1.04. The van der Waals surface area contributed by atoms with Crippen LogP contribution in [0.3, 0.4) is 0 Å². The second kappa shape index (κ2) is 5.08. The van der Waals surface area contributed by atoms with Gasteiger partial charge in [0.2, 0.25) is 10.0 Å². The quantitative estimate of drug-likeness (QED) is 0.833. The van der Waals surface area contributed by atoms with Gasteiger partial charge in [0.1, 0.15) is 0 Å². The van der Waals surface area contributed by atoms with Crippen LogP contribution in [-0.4, -0.2) is 20.7 Å². The highest BCUT2D eigenvalue weighted by atomic mass is 32.2. The number of nitrogens with one attached hydrogen (secondary N) is 1. The molecule has 0 bridgehead atoms. The highest BCUT2D eigenvalue weighted by molar-refractivity contribution is 7.89. The van der Waals surface area contributed by atoms with Crippen LogP contribution < -0.4 is 4.72 Å². The van der Waals surface area contributed by atoms with Gasteiger partial charge in [-0.05, 0) is 11.5 Å². The van der Waals surface area contributed by atoms with E-state index in [0.29, 0.717) is 17.2 Å². The summed E-state index contributed by atoms with van der Waals surface area (Å²) in [4.78, 5) is 0.317. The van der Waals surface area contributed by atoms with Crippen LogP contribution in [0.15, 0.2) is 47.4 Å². The van der Waals surface area contributed by atoms with Crippen LogP contribution in [0.4, 0.5) is 0 Å². The van der Waals surface area contributed by atoms with Crippen molar-refractivity contribution in [1.82, 2.24) is 4.72 Å². The minimum Gasteiger partial charge on any atom is -0.210 e. The second-order valence-electron chi connectivity index (χ2n) is 3.60. The Balaban J connectivity index is 2.55. The van der Waals surface area contributed by atoms with Crippen LogP contribution in [0.25, 0.3) is 10.8 Å². The van der Waals surface area contributed by atoms with Gasteiger partial charge < -0.3 is 0 Å². The van der Waals surface area contributed by atoms with Crippen LogP contribution in [0, 0.1) is 0 Å². The zero-order chi connectivity index (χ0) is 12.3. The lowest BCUT2D eigenvalue weighted by Crippen LogP contribution is -2.25. The van der Waals surface area contributed by atoms with Crippen molar-refractivity contribution in [3.8, 4) is 0 Å². The van der Waals surface area contributed by atoms with Gasteiger partial charge in [-0.2, -0.15) is 12.6 Å². The van der Waals surface area contributed by atoms with Crippen molar-refractivity contribution in [2.45, 2.75) is 4.90 Å². The largest absolute Gasteiger partial charge is 0.241 e. The average Bonchev–Trinajstić information content (AvgIpc) is 2.36. The molecule has 1 N–H and O–H groups in total. The van der Waals surface area contributed by atoms with E-state index in [-0.39, 0.29) is 0 Å². The summed E-state index contributed by atoms with van der Waals surface area (Å²) in [5, 5.41) is 1.66. The van der Waals surface area contributed by atoms with E-state index in [1.807, 2.05) is 30.3 Å². The Morgan fingerprint density at radius 1 is 1.06 bits per heavy atom. The third kappa shape index (κ3) is 2.62. The minimum atomic E-state index is -3.45. The molecule has 0 aliphatic carbocycles. The van der Waals surface area contributed by atoms with Gasteiger partial charge in [0.05, 0.1) is 4.90 Å². The van der Waals surface area contributed by atoms with Crippen molar-refractivity contribution in [2.75, 3.05) is 12.3 Å². The smallest absolute Gasteiger partial charge is 0.210 e. The van der Waals surface area contributed by atoms with Gasteiger partial charge >= 0.3 is 0 Å². The summed E-state index contributed by atoms with van der Waals surface area (Å²) < 4.78 is 26.6. The van der Waals surface area contributed by atoms with E-state index in [2.05, 4.69) is 17.4 Å². The highest BCUT2D eigenvalue weighted by Gasteiger charge is 2.15. The molecule has 90 valence electrons. The minimum absolute atomic E-state index is 0.317. The molecule has 0 aromatic heterocycles. The topological polar surface area (TPSA) is 46.2 Å². The van der Waals surface area contributed by atoms with Crippen molar-refractivity contribution in [1.29, 1.82) is 0 Å². The maximum Gasteiger partial charge on any atom is 0.241 e. The van der Waals surface area contributed by atoms with Gasteiger partial charge in [-0.15, -0.1) is 0 Å². The van der Waals surface area contributed by atoms with E-state index in [0.717, 1.165) is 10.8 Å². The third-order valence-corrected chi connectivity index (χ3v) is 4.19. The lowest BCUT2D eigenvalue weighted by atomic mass is 10.1. The number of hydrogen-bond acceptors (Lipinski definition) is 3. The fourth-order valence-electron chi connectivity index (χ4n) is 1.69. The molecule has 3 nitrogen and oxygen atoms in total. The van der Waals surface area contributed by atoms with Crippen LogP contribution >= 0.6 is 12.6 Å². The lowest BCUT2D eigenvalue weighted by molar-refractivity contribution is 0.585. The fraction of sp³-hybridized carbons (Fsp3) is 0.167. The van der Waals surface area contributed by atoms with E-state index in [1.165, 1.54) is 0 Å². The zero-order valence-corrected chi connectivity index (χ0v) is 10.8. The van der Waals surface area contributed by atoms with E-state index >= 15 is 0 Å². The van der Waals surface area contributed by atoms with Crippen LogP contribution in [0.1, 0.15) is 0 Å². The molecule has 0 saturated heterocycles. The van der Waals surface area contributed by atoms with Gasteiger partial charge in [0.15, 0.2) is 0 Å². The summed E-state index contributed by atoms with van der Waals surface area (Å²) in [6.07, 6.45) is 0. The molecule has 2 aromatic rings. The first-order valence-corrected chi connectivity index (χ1v) is 7.35. The summed E-state index contributed by atoms with van der Waals surface area (Å²) >= 11 is 3.99. The summed E-state index contributed by atoms with van der Waals surface area (Å²) in [5.74, 6) is 0.476. The summed E-state index contributed by atoms with van der Waals surface area (Å²) in [7, 11) is -3.45. The van der Waals surface area contributed by atoms with E-state index in [4.69, 9.17) is 0 Å². The first-order chi connectivity index (χ1) is 8.15. The van der Waals surface area contributed by atoms with E-state index in [1.54, 1.807) is 12.1 Å². The molecule has 0 heterocycles. The molecule has 0 fully saturated rings.